The Morgan fingerprint density at radius 3 is 2.62 bits per heavy atom. The minimum Gasteiger partial charge on any atom is -0.331 e. The molecule has 2 aromatic rings. The summed E-state index contributed by atoms with van der Waals surface area (Å²) in [6.07, 6.45) is 0. The van der Waals surface area contributed by atoms with E-state index in [2.05, 4.69) is 4.98 Å². The SMILES string of the molecule is CCn1c(=S)[nH]c2cc(Cl)c(Cl)cc2c1=O. The number of nitrogens with zero attached hydrogens (tertiary/aromatic N) is 1. The number of aromatic nitrogens is 2. The third-order valence-corrected chi connectivity index (χ3v) is 3.38. The molecule has 0 aliphatic rings. The molecule has 0 spiro atoms. The summed E-state index contributed by atoms with van der Waals surface area (Å²) in [7, 11) is 0. The molecule has 1 heterocycles. The van der Waals surface area contributed by atoms with Crippen LogP contribution >= 0.6 is 35.4 Å². The third kappa shape index (κ3) is 1.77. The first-order valence-corrected chi connectivity index (χ1v) is 5.83. The fourth-order valence-corrected chi connectivity index (χ4v) is 2.18. The fourth-order valence-electron chi connectivity index (χ4n) is 1.53. The molecule has 0 amide bonds. The second-order valence-electron chi connectivity index (χ2n) is 3.29. The van der Waals surface area contributed by atoms with Gasteiger partial charge in [0, 0.05) is 6.54 Å². The summed E-state index contributed by atoms with van der Waals surface area (Å²) in [6, 6.07) is 3.16. The topological polar surface area (TPSA) is 37.8 Å². The van der Waals surface area contributed by atoms with Crippen LogP contribution < -0.4 is 5.56 Å². The first-order chi connectivity index (χ1) is 7.54. The number of H-pyrrole nitrogens is 1. The highest BCUT2D eigenvalue weighted by molar-refractivity contribution is 7.71. The number of fused-ring (bicyclic) bond motifs is 1. The van der Waals surface area contributed by atoms with E-state index in [9.17, 15) is 4.79 Å². The van der Waals surface area contributed by atoms with E-state index in [0.717, 1.165) is 0 Å². The van der Waals surface area contributed by atoms with Gasteiger partial charge in [-0.3, -0.25) is 9.36 Å². The summed E-state index contributed by atoms with van der Waals surface area (Å²) in [5.74, 6) is 0. The molecule has 0 bridgehead atoms. The van der Waals surface area contributed by atoms with Crippen LogP contribution in [0, 0.1) is 4.77 Å². The van der Waals surface area contributed by atoms with Crippen LogP contribution in [-0.2, 0) is 6.54 Å². The molecule has 84 valence electrons. The number of rotatable bonds is 1. The minimum absolute atomic E-state index is 0.153. The highest BCUT2D eigenvalue weighted by Crippen LogP contribution is 2.25. The predicted molar refractivity (Wildman–Crippen MR) is 69.1 cm³/mol. The molecule has 1 N–H and O–H groups in total. The second-order valence-corrected chi connectivity index (χ2v) is 4.49. The van der Waals surface area contributed by atoms with E-state index in [0.29, 0.717) is 32.3 Å². The van der Waals surface area contributed by atoms with Gasteiger partial charge in [0.25, 0.3) is 5.56 Å². The average molecular weight is 275 g/mol. The van der Waals surface area contributed by atoms with Crippen molar-refractivity contribution in [1.82, 2.24) is 9.55 Å². The van der Waals surface area contributed by atoms with Crippen molar-refractivity contribution in [2.75, 3.05) is 0 Å². The summed E-state index contributed by atoms with van der Waals surface area (Å²) in [4.78, 5) is 15.0. The molecule has 3 nitrogen and oxygen atoms in total. The lowest BCUT2D eigenvalue weighted by Crippen LogP contribution is -2.21. The molecule has 0 saturated heterocycles. The Hall–Kier alpha value is -0.840. The van der Waals surface area contributed by atoms with Gasteiger partial charge in [0.1, 0.15) is 0 Å². The Kier molecular flexibility index (Phi) is 3.06. The van der Waals surface area contributed by atoms with E-state index in [1.165, 1.54) is 4.57 Å². The number of hydrogen-bond acceptors (Lipinski definition) is 2. The molecule has 0 aliphatic carbocycles. The Morgan fingerprint density at radius 1 is 1.38 bits per heavy atom. The molecular weight excluding hydrogens is 267 g/mol. The van der Waals surface area contributed by atoms with Crippen molar-refractivity contribution in [3.63, 3.8) is 0 Å². The number of benzene rings is 1. The van der Waals surface area contributed by atoms with Gasteiger partial charge >= 0.3 is 0 Å². The van der Waals surface area contributed by atoms with Crippen LogP contribution in [0.5, 0.6) is 0 Å². The van der Waals surface area contributed by atoms with E-state index in [1.54, 1.807) is 12.1 Å². The van der Waals surface area contributed by atoms with Gasteiger partial charge in [-0.05, 0) is 31.3 Å². The first kappa shape index (κ1) is 11.6. The van der Waals surface area contributed by atoms with Gasteiger partial charge in [-0.1, -0.05) is 23.2 Å². The zero-order valence-corrected chi connectivity index (χ0v) is 10.7. The van der Waals surface area contributed by atoms with Crippen LogP contribution in [0.1, 0.15) is 6.92 Å². The Balaban J connectivity index is 3.00. The van der Waals surface area contributed by atoms with Crippen LogP contribution in [0.15, 0.2) is 16.9 Å². The molecule has 0 fully saturated rings. The van der Waals surface area contributed by atoms with E-state index in [4.69, 9.17) is 35.4 Å². The van der Waals surface area contributed by atoms with Crippen molar-refractivity contribution in [2.24, 2.45) is 0 Å². The van der Waals surface area contributed by atoms with Crippen molar-refractivity contribution in [3.05, 3.63) is 37.3 Å². The number of halogens is 2. The average Bonchev–Trinajstić information content (AvgIpc) is 2.22. The smallest absolute Gasteiger partial charge is 0.262 e. The number of nitrogens with one attached hydrogen (secondary N) is 1. The molecule has 2 rings (SSSR count). The Morgan fingerprint density at radius 2 is 2.00 bits per heavy atom. The zero-order valence-electron chi connectivity index (χ0n) is 8.38. The van der Waals surface area contributed by atoms with Gasteiger partial charge in [0.15, 0.2) is 4.77 Å². The van der Waals surface area contributed by atoms with Crippen molar-refractivity contribution in [1.29, 1.82) is 0 Å². The molecular formula is C10H8Cl2N2OS. The lowest BCUT2D eigenvalue weighted by atomic mass is 10.2. The maximum absolute atomic E-state index is 12.0. The highest BCUT2D eigenvalue weighted by atomic mass is 35.5. The molecule has 6 heteroatoms. The quantitative estimate of drug-likeness (QED) is 0.810. The van der Waals surface area contributed by atoms with E-state index in [1.807, 2.05) is 6.92 Å². The highest BCUT2D eigenvalue weighted by Gasteiger charge is 2.07. The number of aromatic amines is 1. The summed E-state index contributed by atoms with van der Waals surface area (Å²) in [5.41, 5.74) is 0.453. The van der Waals surface area contributed by atoms with Crippen molar-refractivity contribution >= 4 is 46.3 Å². The Bertz CT molecular complexity index is 675. The summed E-state index contributed by atoms with van der Waals surface area (Å²) in [5, 5.41) is 1.25. The van der Waals surface area contributed by atoms with Gasteiger partial charge in [0.05, 0.1) is 20.9 Å². The first-order valence-electron chi connectivity index (χ1n) is 4.66. The normalized spacial score (nSPS) is 10.9. The van der Waals surface area contributed by atoms with E-state index in [-0.39, 0.29) is 5.56 Å². The molecule has 0 unspecified atom stereocenters. The summed E-state index contributed by atoms with van der Waals surface area (Å²) in [6.45, 7) is 2.37. The molecule has 1 aromatic heterocycles. The summed E-state index contributed by atoms with van der Waals surface area (Å²) < 4.78 is 1.86. The van der Waals surface area contributed by atoms with Crippen molar-refractivity contribution in [3.8, 4) is 0 Å². The fraction of sp³-hybridized carbons (Fsp3) is 0.200. The number of hydrogen-bond donors (Lipinski definition) is 1. The van der Waals surface area contributed by atoms with Crippen LogP contribution in [-0.4, -0.2) is 9.55 Å². The van der Waals surface area contributed by atoms with Gasteiger partial charge in [0.2, 0.25) is 0 Å². The monoisotopic (exact) mass is 274 g/mol. The second kappa shape index (κ2) is 4.20. The maximum Gasteiger partial charge on any atom is 0.262 e. The van der Waals surface area contributed by atoms with E-state index >= 15 is 0 Å². The predicted octanol–water partition coefficient (Wildman–Crippen LogP) is 3.39. The summed E-state index contributed by atoms with van der Waals surface area (Å²) >= 11 is 16.8. The van der Waals surface area contributed by atoms with Gasteiger partial charge in [-0.2, -0.15) is 0 Å². The van der Waals surface area contributed by atoms with Gasteiger partial charge in [-0.15, -0.1) is 0 Å². The van der Waals surface area contributed by atoms with Crippen LogP contribution in [0.3, 0.4) is 0 Å². The van der Waals surface area contributed by atoms with Gasteiger partial charge in [-0.25, -0.2) is 0 Å². The van der Waals surface area contributed by atoms with Crippen LogP contribution in [0.2, 0.25) is 10.0 Å². The largest absolute Gasteiger partial charge is 0.331 e. The minimum atomic E-state index is -0.153. The molecule has 1 aromatic carbocycles. The van der Waals surface area contributed by atoms with Crippen LogP contribution in [0.25, 0.3) is 10.9 Å². The lowest BCUT2D eigenvalue weighted by Gasteiger charge is -2.06. The van der Waals surface area contributed by atoms with Gasteiger partial charge < -0.3 is 4.98 Å². The molecule has 0 saturated carbocycles. The molecule has 0 radical (unpaired) electrons. The Labute approximate surface area is 107 Å². The third-order valence-electron chi connectivity index (χ3n) is 2.34. The molecule has 0 aliphatic heterocycles. The maximum atomic E-state index is 12.0. The standard InChI is InChI=1S/C10H8Cl2N2OS/c1-2-14-9(15)5-3-6(11)7(12)4-8(5)13-10(14)16/h3-4H,2H2,1H3,(H,13,16). The lowest BCUT2D eigenvalue weighted by molar-refractivity contribution is 0.705. The van der Waals surface area contributed by atoms with Crippen molar-refractivity contribution in [2.45, 2.75) is 13.5 Å². The van der Waals surface area contributed by atoms with Crippen LogP contribution in [0.4, 0.5) is 0 Å². The molecule has 0 atom stereocenters. The molecule has 16 heavy (non-hydrogen) atoms. The zero-order chi connectivity index (χ0) is 11.9. The van der Waals surface area contributed by atoms with E-state index < -0.39 is 0 Å². The van der Waals surface area contributed by atoms with Crippen molar-refractivity contribution < 1.29 is 0 Å².